The van der Waals surface area contributed by atoms with Crippen molar-refractivity contribution in [2.75, 3.05) is 26.4 Å². The van der Waals surface area contributed by atoms with Crippen LogP contribution in [0.1, 0.15) is 26.3 Å². The lowest BCUT2D eigenvalue weighted by atomic mass is 10.1. The van der Waals surface area contributed by atoms with Gasteiger partial charge in [0.25, 0.3) is 0 Å². The Morgan fingerprint density at radius 3 is 2.29 bits per heavy atom. The Balaban J connectivity index is 0.000000292. The van der Waals surface area contributed by atoms with Gasteiger partial charge in [0.15, 0.2) is 0 Å². The minimum Gasteiger partial charge on any atom is -0.460 e. The maximum absolute atomic E-state index is 11.7. The third-order valence-corrected chi connectivity index (χ3v) is 3.46. The number of nitrogens with zero attached hydrogens (tertiary/aromatic N) is 1. The first-order chi connectivity index (χ1) is 11.3. The van der Waals surface area contributed by atoms with Crippen LogP contribution in [0, 0.1) is 0 Å². The summed E-state index contributed by atoms with van der Waals surface area (Å²) in [5.74, 6) is -0.183. The van der Waals surface area contributed by atoms with Crippen LogP contribution < -0.4 is 0 Å². The zero-order valence-corrected chi connectivity index (χ0v) is 15.0. The fourth-order valence-electron chi connectivity index (χ4n) is 2.43. The van der Waals surface area contributed by atoms with E-state index in [1.807, 2.05) is 58.3 Å². The normalized spacial score (nSPS) is 14.8. The summed E-state index contributed by atoms with van der Waals surface area (Å²) in [6.45, 7) is 8.75. The molecule has 0 aliphatic carbocycles. The van der Waals surface area contributed by atoms with Gasteiger partial charge in [0.2, 0.25) is 0 Å². The van der Waals surface area contributed by atoms with Crippen molar-refractivity contribution in [3.8, 4) is 0 Å². The van der Waals surface area contributed by atoms with E-state index in [9.17, 15) is 4.79 Å². The summed E-state index contributed by atoms with van der Waals surface area (Å²) >= 11 is 0. The highest BCUT2D eigenvalue weighted by Gasteiger charge is 2.16. The lowest BCUT2D eigenvalue weighted by molar-refractivity contribution is -0.153. The number of hydrogen-bond acceptors (Lipinski definition) is 4. The first-order valence-electron chi connectivity index (χ1n) is 8.26. The molecule has 5 nitrogen and oxygen atoms in total. The maximum atomic E-state index is 11.7. The van der Waals surface area contributed by atoms with Crippen LogP contribution >= 0.6 is 0 Å². The van der Waals surface area contributed by atoms with Crippen molar-refractivity contribution in [1.29, 1.82) is 0 Å². The van der Waals surface area contributed by atoms with Crippen molar-refractivity contribution in [2.24, 2.45) is 7.05 Å². The quantitative estimate of drug-likeness (QED) is 0.793. The number of benzene rings is 1. The van der Waals surface area contributed by atoms with Crippen molar-refractivity contribution in [2.45, 2.75) is 32.8 Å². The summed E-state index contributed by atoms with van der Waals surface area (Å²) in [5, 5.41) is 1.15. The molecule has 0 radical (unpaired) electrons. The number of carbonyl (C=O) groups excluding carboxylic acids is 1. The summed E-state index contributed by atoms with van der Waals surface area (Å²) in [6, 6.07) is 8.11. The molecular formula is C19H27NO4. The summed E-state index contributed by atoms with van der Waals surface area (Å²) < 4.78 is 17.3. The van der Waals surface area contributed by atoms with Crippen LogP contribution in [0.4, 0.5) is 0 Å². The van der Waals surface area contributed by atoms with Crippen molar-refractivity contribution < 1.29 is 19.0 Å². The van der Waals surface area contributed by atoms with E-state index in [4.69, 9.17) is 14.2 Å². The van der Waals surface area contributed by atoms with Gasteiger partial charge in [-0.15, -0.1) is 0 Å². The Morgan fingerprint density at radius 1 is 1.12 bits per heavy atom. The lowest BCUT2D eigenvalue weighted by Crippen LogP contribution is -2.24. The molecule has 3 rings (SSSR count). The first-order valence-corrected chi connectivity index (χ1v) is 8.26. The molecule has 0 unspecified atom stereocenters. The van der Waals surface area contributed by atoms with Gasteiger partial charge in [-0.2, -0.15) is 0 Å². The van der Waals surface area contributed by atoms with Crippen LogP contribution in [-0.2, 0) is 32.5 Å². The molecule has 1 aliphatic heterocycles. The van der Waals surface area contributed by atoms with Crippen molar-refractivity contribution >= 4 is 16.9 Å². The highest BCUT2D eigenvalue weighted by atomic mass is 16.6. The van der Waals surface area contributed by atoms with E-state index < -0.39 is 5.60 Å². The molecule has 1 aromatic heterocycles. The molecule has 1 aliphatic rings. The monoisotopic (exact) mass is 333 g/mol. The van der Waals surface area contributed by atoms with Crippen LogP contribution in [0.25, 0.3) is 10.9 Å². The summed E-state index contributed by atoms with van der Waals surface area (Å²) in [7, 11) is 2.01. The van der Waals surface area contributed by atoms with Crippen LogP contribution in [0.2, 0.25) is 0 Å². The third-order valence-electron chi connectivity index (χ3n) is 3.46. The van der Waals surface area contributed by atoms with Gasteiger partial charge in [-0.1, -0.05) is 6.07 Å². The van der Waals surface area contributed by atoms with Crippen LogP contribution in [0.5, 0.6) is 0 Å². The molecule has 1 fully saturated rings. The Morgan fingerprint density at radius 2 is 1.75 bits per heavy atom. The van der Waals surface area contributed by atoms with Crippen molar-refractivity contribution in [3.63, 3.8) is 0 Å². The van der Waals surface area contributed by atoms with Gasteiger partial charge in [-0.25, -0.2) is 0 Å². The van der Waals surface area contributed by atoms with E-state index in [0.717, 1.165) is 37.4 Å². The molecular weight excluding hydrogens is 306 g/mol. The SMILES string of the molecule is C1COCCO1.Cn1ccc2cc(CC(=O)OC(C)(C)C)ccc21. The lowest BCUT2D eigenvalue weighted by Gasteiger charge is -2.19. The molecule has 1 saturated heterocycles. The van der Waals surface area contributed by atoms with Gasteiger partial charge < -0.3 is 18.8 Å². The minimum absolute atomic E-state index is 0.183. The highest BCUT2D eigenvalue weighted by Crippen LogP contribution is 2.18. The van der Waals surface area contributed by atoms with Gasteiger partial charge >= 0.3 is 5.97 Å². The Bertz CT molecular complexity index is 654. The number of ether oxygens (including phenoxy) is 3. The smallest absolute Gasteiger partial charge is 0.310 e. The topological polar surface area (TPSA) is 49.7 Å². The number of aromatic nitrogens is 1. The maximum Gasteiger partial charge on any atom is 0.310 e. The van der Waals surface area contributed by atoms with Gasteiger partial charge in [0.05, 0.1) is 32.8 Å². The average molecular weight is 333 g/mol. The molecule has 0 saturated carbocycles. The molecule has 0 spiro atoms. The second kappa shape index (κ2) is 8.31. The molecule has 5 heteroatoms. The zero-order valence-electron chi connectivity index (χ0n) is 15.0. The number of fused-ring (bicyclic) bond motifs is 1. The largest absolute Gasteiger partial charge is 0.460 e. The fourth-order valence-corrected chi connectivity index (χ4v) is 2.43. The van der Waals surface area contributed by atoms with Crippen LogP contribution in [-0.4, -0.2) is 42.6 Å². The highest BCUT2D eigenvalue weighted by molar-refractivity contribution is 5.82. The summed E-state index contributed by atoms with van der Waals surface area (Å²) in [5.41, 5.74) is 1.74. The van der Waals surface area contributed by atoms with E-state index >= 15 is 0 Å². The predicted molar refractivity (Wildman–Crippen MR) is 94.1 cm³/mol. The summed E-state index contributed by atoms with van der Waals surface area (Å²) in [6.07, 6.45) is 2.34. The molecule has 2 aromatic rings. The van der Waals surface area contributed by atoms with Crippen molar-refractivity contribution in [1.82, 2.24) is 4.57 Å². The molecule has 0 amide bonds. The Labute approximate surface area is 143 Å². The van der Waals surface area contributed by atoms with E-state index in [-0.39, 0.29) is 5.97 Å². The predicted octanol–water partition coefficient (Wildman–Crippen LogP) is 3.10. The van der Waals surface area contributed by atoms with Gasteiger partial charge in [0.1, 0.15) is 5.60 Å². The Hall–Kier alpha value is -1.85. The van der Waals surface area contributed by atoms with E-state index in [2.05, 4.69) is 4.57 Å². The Kier molecular flexibility index (Phi) is 6.40. The average Bonchev–Trinajstić information content (AvgIpc) is 2.88. The second-order valence-corrected chi connectivity index (χ2v) is 6.81. The standard InChI is InChI=1S/C15H19NO2.C4H8O2/c1-15(2,3)18-14(17)10-11-5-6-13-12(9-11)7-8-16(13)4;1-2-6-4-3-5-1/h5-9H,10H2,1-4H3;1-4H2. The second-order valence-electron chi connectivity index (χ2n) is 6.81. The van der Waals surface area contributed by atoms with E-state index in [1.165, 1.54) is 5.52 Å². The summed E-state index contributed by atoms with van der Waals surface area (Å²) in [4.78, 5) is 11.7. The van der Waals surface area contributed by atoms with Crippen LogP contribution in [0.3, 0.4) is 0 Å². The molecule has 0 bridgehead atoms. The molecule has 24 heavy (non-hydrogen) atoms. The minimum atomic E-state index is -0.423. The van der Waals surface area contributed by atoms with Gasteiger partial charge in [-0.3, -0.25) is 4.79 Å². The van der Waals surface area contributed by atoms with Gasteiger partial charge in [-0.05, 0) is 49.9 Å². The number of esters is 1. The number of carbonyl (C=O) groups is 1. The number of hydrogen-bond donors (Lipinski definition) is 0. The zero-order chi connectivity index (χ0) is 17.6. The third kappa shape index (κ3) is 5.98. The van der Waals surface area contributed by atoms with E-state index in [1.54, 1.807) is 0 Å². The molecule has 0 atom stereocenters. The molecule has 1 aromatic carbocycles. The van der Waals surface area contributed by atoms with E-state index in [0.29, 0.717) is 6.42 Å². The first kappa shape index (κ1) is 18.5. The molecule has 132 valence electrons. The van der Waals surface area contributed by atoms with Crippen molar-refractivity contribution in [3.05, 3.63) is 36.0 Å². The fraction of sp³-hybridized carbons (Fsp3) is 0.526. The van der Waals surface area contributed by atoms with Crippen LogP contribution in [0.15, 0.2) is 30.5 Å². The molecule has 2 heterocycles. The van der Waals surface area contributed by atoms with Gasteiger partial charge in [0, 0.05) is 18.8 Å². The number of aryl methyl sites for hydroxylation is 1. The molecule has 0 N–H and O–H groups in total. The number of rotatable bonds is 2.